The summed E-state index contributed by atoms with van der Waals surface area (Å²) in [6, 6.07) is 8.60. The third-order valence-corrected chi connectivity index (χ3v) is 3.88. The third kappa shape index (κ3) is 3.10. The molecule has 0 unspecified atom stereocenters. The molecule has 1 heterocycles. The number of hydrogen-bond acceptors (Lipinski definition) is 3. The first-order chi connectivity index (χ1) is 8.67. The molecule has 0 atom stereocenters. The molecular weight excluding hydrogens is 226 g/mol. The van der Waals surface area contributed by atoms with Crippen molar-refractivity contribution >= 4 is 0 Å². The molecule has 3 heteroatoms. The van der Waals surface area contributed by atoms with Gasteiger partial charge in [0.25, 0.3) is 0 Å². The molecule has 2 rings (SSSR count). The third-order valence-electron chi connectivity index (χ3n) is 3.88. The van der Waals surface area contributed by atoms with Gasteiger partial charge in [0.05, 0.1) is 13.2 Å². The normalized spacial score (nSPS) is 17.3. The number of hydrogen-bond donors (Lipinski definition) is 2. The summed E-state index contributed by atoms with van der Waals surface area (Å²) >= 11 is 0. The average Bonchev–Trinajstić information content (AvgIpc) is 2.62. The molecule has 0 aliphatic carbocycles. The second-order valence-corrected chi connectivity index (χ2v) is 5.67. The van der Waals surface area contributed by atoms with Crippen molar-refractivity contribution in [1.29, 1.82) is 0 Å². The number of aliphatic hydroxyl groups excluding tert-OH is 2. The SMILES string of the molecule is CC(CO)(CO)CN1CCc2ccccc2CC1. The topological polar surface area (TPSA) is 43.7 Å². The van der Waals surface area contributed by atoms with Crippen LogP contribution in [0.4, 0.5) is 0 Å². The first kappa shape index (κ1) is 13.5. The minimum Gasteiger partial charge on any atom is -0.396 e. The zero-order valence-electron chi connectivity index (χ0n) is 11.1. The van der Waals surface area contributed by atoms with Crippen LogP contribution in [0.15, 0.2) is 24.3 Å². The number of rotatable bonds is 4. The van der Waals surface area contributed by atoms with Gasteiger partial charge in [-0.25, -0.2) is 0 Å². The van der Waals surface area contributed by atoms with Gasteiger partial charge in [0.15, 0.2) is 0 Å². The highest BCUT2D eigenvalue weighted by Gasteiger charge is 2.26. The highest BCUT2D eigenvalue weighted by Crippen LogP contribution is 2.20. The quantitative estimate of drug-likeness (QED) is 0.839. The summed E-state index contributed by atoms with van der Waals surface area (Å²) in [6.45, 7) is 4.78. The molecule has 1 aliphatic rings. The molecule has 0 radical (unpaired) electrons. The Hall–Kier alpha value is -0.900. The largest absolute Gasteiger partial charge is 0.396 e. The Balaban J connectivity index is 2.00. The van der Waals surface area contributed by atoms with Gasteiger partial charge in [-0.3, -0.25) is 0 Å². The Morgan fingerprint density at radius 1 is 1.06 bits per heavy atom. The van der Waals surface area contributed by atoms with Crippen molar-refractivity contribution in [3.8, 4) is 0 Å². The molecular formula is C15H23NO2. The molecule has 1 aliphatic heterocycles. The Morgan fingerprint density at radius 3 is 2.00 bits per heavy atom. The fourth-order valence-electron chi connectivity index (χ4n) is 2.56. The molecule has 0 bridgehead atoms. The molecule has 1 aromatic carbocycles. The van der Waals surface area contributed by atoms with E-state index >= 15 is 0 Å². The first-order valence-electron chi connectivity index (χ1n) is 6.68. The highest BCUT2D eigenvalue weighted by atomic mass is 16.3. The van der Waals surface area contributed by atoms with Gasteiger partial charge in [0, 0.05) is 25.0 Å². The molecule has 0 aromatic heterocycles. The lowest BCUT2D eigenvalue weighted by Crippen LogP contribution is -2.41. The van der Waals surface area contributed by atoms with Crippen LogP contribution in [0.25, 0.3) is 0 Å². The van der Waals surface area contributed by atoms with Crippen LogP contribution in [0.5, 0.6) is 0 Å². The van der Waals surface area contributed by atoms with E-state index in [9.17, 15) is 10.2 Å². The number of aliphatic hydroxyl groups is 2. The van der Waals surface area contributed by atoms with E-state index in [1.807, 2.05) is 6.92 Å². The van der Waals surface area contributed by atoms with Crippen LogP contribution in [0.1, 0.15) is 18.1 Å². The standard InChI is InChI=1S/C15H23NO2/c1-15(11-17,12-18)10-16-8-6-13-4-2-3-5-14(13)7-9-16/h2-5,17-18H,6-12H2,1H3. The maximum atomic E-state index is 9.37. The van der Waals surface area contributed by atoms with Gasteiger partial charge in [0.1, 0.15) is 0 Å². The van der Waals surface area contributed by atoms with Crippen LogP contribution in [0, 0.1) is 5.41 Å². The van der Waals surface area contributed by atoms with E-state index in [1.54, 1.807) is 0 Å². The van der Waals surface area contributed by atoms with Crippen LogP contribution >= 0.6 is 0 Å². The second-order valence-electron chi connectivity index (χ2n) is 5.67. The average molecular weight is 249 g/mol. The summed E-state index contributed by atoms with van der Waals surface area (Å²) in [5.74, 6) is 0. The van der Waals surface area contributed by atoms with Crippen LogP contribution in [-0.4, -0.2) is 48.0 Å². The summed E-state index contributed by atoms with van der Waals surface area (Å²) < 4.78 is 0. The minimum atomic E-state index is -0.392. The Bertz CT molecular complexity index is 361. The van der Waals surface area contributed by atoms with Gasteiger partial charge in [-0.05, 0) is 24.0 Å². The van der Waals surface area contributed by atoms with E-state index in [1.165, 1.54) is 11.1 Å². The molecule has 1 aromatic rings. The summed E-state index contributed by atoms with van der Waals surface area (Å²) in [4.78, 5) is 2.35. The van der Waals surface area contributed by atoms with Crippen molar-refractivity contribution < 1.29 is 10.2 Å². The van der Waals surface area contributed by atoms with Crippen molar-refractivity contribution in [3.05, 3.63) is 35.4 Å². The smallest absolute Gasteiger partial charge is 0.0519 e. The zero-order valence-corrected chi connectivity index (χ0v) is 11.1. The summed E-state index contributed by atoms with van der Waals surface area (Å²) in [6.07, 6.45) is 2.12. The van der Waals surface area contributed by atoms with Crippen molar-refractivity contribution in [2.24, 2.45) is 5.41 Å². The molecule has 100 valence electrons. The molecule has 0 amide bonds. The van der Waals surface area contributed by atoms with E-state index in [4.69, 9.17) is 0 Å². The molecule has 18 heavy (non-hydrogen) atoms. The Labute approximate surface area is 109 Å². The molecule has 0 spiro atoms. The monoisotopic (exact) mass is 249 g/mol. The molecule has 2 N–H and O–H groups in total. The van der Waals surface area contributed by atoms with Gasteiger partial charge >= 0.3 is 0 Å². The van der Waals surface area contributed by atoms with Gasteiger partial charge in [-0.1, -0.05) is 31.2 Å². The lowest BCUT2D eigenvalue weighted by atomic mass is 9.92. The molecule has 0 saturated heterocycles. The Kier molecular flexibility index (Phi) is 4.38. The zero-order chi connectivity index (χ0) is 13.0. The number of nitrogens with zero attached hydrogens (tertiary/aromatic N) is 1. The second kappa shape index (κ2) is 5.83. The van der Waals surface area contributed by atoms with Crippen LogP contribution in [0.2, 0.25) is 0 Å². The van der Waals surface area contributed by atoms with Gasteiger partial charge in [0.2, 0.25) is 0 Å². The van der Waals surface area contributed by atoms with Crippen LogP contribution < -0.4 is 0 Å². The van der Waals surface area contributed by atoms with Crippen molar-refractivity contribution in [1.82, 2.24) is 4.90 Å². The highest BCUT2D eigenvalue weighted by molar-refractivity contribution is 5.28. The number of fused-ring (bicyclic) bond motifs is 1. The number of benzene rings is 1. The summed E-state index contributed by atoms with van der Waals surface area (Å²) in [7, 11) is 0. The van der Waals surface area contributed by atoms with E-state index in [-0.39, 0.29) is 13.2 Å². The van der Waals surface area contributed by atoms with Gasteiger partial charge in [-0.15, -0.1) is 0 Å². The lowest BCUT2D eigenvalue weighted by molar-refractivity contribution is 0.0362. The predicted octanol–water partition coefficient (Wildman–Crippen LogP) is 1.08. The van der Waals surface area contributed by atoms with Gasteiger partial charge < -0.3 is 15.1 Å². The Morgan fingerprint density at radius 2 is 1.56 bits per heavy atom. The van der Waals surface area contributed by atoms with E-state index in [0.29, 0.717) is 0 Å². The molecule has 0 saturated carbocycles. The fraction of sp³-hybridized carbons (Fsp3) is 0.600. The van der Waals surface area contributed by atoms with E-state index in [2.05, 4.69) is 29.2 Å². The van der Waals surface area contributed by atoms with Crippen molar-refractivity contribution in [2.45, 2.75) is 19.8 Å². The maximum absolute atomic E-state index is 9.37. The maximum Gasteiger partial charge on any atom is 0.0519 e. The minimum absolute atomic E-state index is 0.0347. The predicted molar refractivity (Wildman–Crippen MR) is 72.6 cm³/mol. The summed E-state index contributed by atoms with van der Waals surface area (Å²) in [5.41, 5.74) is 2.49. The van der Waals surface area contributed by atoms with E-state index < -0.39 is 5.41 Å². The summed E-state index contributed by atoms with van der Waals surface area (Å²) in [5, 5.41) is 18.7. The lowest BCUT2D eigenvalue weighted by Gasteiger charge is -2.32. The first-order valence-corrected chi connectivity index (χ1v) is 6.68. The fourth-order valence-corrected chi connectivity index (χ4v) is 2.56. The molecule has 0 fully saturated rings. The van der Waals surface area contributed by atoms with Crippen molar-refractivity contribution in [2.75, 3.05) is 32.8 Å². The van der Waals surface area contributed by atoms with Crippen LogP contribution in [0.3, 0.4) is 0 Å². The van der Waals surface area contributed by atoms with E-state index in [0.717, 1.165) is 32.5 Å². The van der Waals surface area contributed by atoms with Crippen LogP contribution in [-0.2, 0) is 12.8 Å². The van der Waals surface area contributed by atoms with Crippen molar-refractivity contribution in [3.63, 3.8) is 0 Å². The molecule has 3 nitrogen and oxygen atoms in total. The van der Waals surface area contributed by atoms with Gasteiger partial charge in [-0.2, -0.15) is 0 Å².